The van der Waals surface area contributed by atoms with Crippen LogP contribution in [-0.4, -0.2) is 46.8 Å². The van der Waals surface area contributed by atoms with Crippen LogP contribution < -0.4 is 0 Å². The number of piperidine rings is 2. The molecule has 4 heteroatoms. The largest absolute Gasteiger partial charge is 0.462 e. The maximum atomic E-state index is 11.6. The lowest BCUT2D eigenvalue weighted by Crippen LogP contribution is -2.74. The van der Waals surface area contributed by atoms with E-state index < -0.39 is 0 Å². The molecular formula is C18H29NO3. The monoisotopic (exact) mass is 307 g/mol. The molecule has 0 amide bonds. The third kappa shape index (κ3) is 1.92. The summed E-state index contributed by atoms with van der Waals surface area (Å²) in [5, 5.41) is 10.8. The molecule has 4 aliphatic rings. The van der Waals surface area contributed by atoms with Gasteiger partial charge in [0.1, 0.15) is 6.10 Å². The molecule has 7 atom stereocenters. The van der Waals surface area contributed by atoms with E-state index in [2.05, 4.69) is 11.8 Å². The Labute approximate surface area is 133 Å². The van der Waals surface area contributed by atoms with E-state index in [9.17, 15) is 9.90 Å². The highest BCUT2D eigenvalue weighted by Gasteiger charge is 2.65. The van der Waals surface area contributed by atoms with Crippen LogP contribution >= 0.6 is 0 Å². The van der Waals surface area contributed by atoms with E-state index in [1.807, 2.05) is 0 Å². The average Bonchev–Trinajstić information content (AvgIpc) is 2.47. The van der Waals surface area contributed by atoms with Gasteiger partial charge in [0, 0.05) is 18.4 Å². The minimum atomic E-state index is -0.225. The van der Waals surface area contributed by atoms with Crippen molar-refractivity contribution in [2.75, 3.05) is 13.1 Å². The number of carbonyl (C=O) groups excluding carboxylic acids is 1. The number of ether oxygens (including phenoxy) is 1. The van der Waals surface area contributed by atoms with Crippen molar-refractivity contribution in [3.63, 3.8) is 0 Å². The third-order valence-electron chi connectivity index (χ3n) is 7.22. The van der Waals surface area contributed by atoms with E-state index in [0.29, 0.717) is 23.7 Å². The summed E-state index contributed by atoms with van der Waals surface area (Å²) in [6, 6.07) is 0. The molecule has 2 saturated carbocycles. The molecule has 0 aromatic carbocycles. The normalized spacial score (nSPS) is 51.0. The fourth-order valence-electron chi connectivity index (χ4n) is 6.68. The molecule has 124 valence electrons. The molecule has 1 N–H and O–H groups in total. The van der Waals surface area contributed by atoms with Crippen molar-refractivity contribution in [1.82, 2.24) is 4.90 Å². The van der Waals surface area contributed by atoms with E-state index in [4.69, 9.17) is 4.74 Å². The lowest BCUT2D eigenvalue weighted by Gasteiger charge is -2.68. The lowest BCUT2D eigenvalue weighted by atomic mass is 9.47. The number of hydrogen-bond acceptors (Lipinski definition) is 4. The summed E-state index contributed by atoms with van der Waals surface area (Å²) < 4.78 is 5.76. The Kier molecular flexibility index (Phi) is 3.53. The highest BCUT2D eigenvalue weighted by Crippen LogP contribution is 2.60. The summed E-state index contributed by atoms with van der Waals surface area (Å²) in [5.41, 5.74) is 0.193. The molecule has 0 aromatic rings. The second-order valence-corrected chi connectivity index (χ2v) is 8.20. The quantitative estimate of drug-likeness (QED) is 0.755. The van der Waals surface area contributed by atoms with Crippen molar-refractivity contribution < 1.29 is 14.6 Å². The Morgan fingerprint density at radius 2 is 1.91 bits per heavy atom. The molecule has 0 radical (unpaired) electrons. The molecule has 22 heavy (non-hydrogen) atoms. The molecule has 4 rings (SSSR count). The third-order valence-corrected chi connectivity index (χ3v) is 7.22. The number of esters is 1. The van der Waals surface area contributed by atoms with E-state index in [1.165, 1.54) is 45.7 Å². The van der Waals surface area contributed by atoms with Crippen LogP contribution in [0.2, 0.25) is 0 Å². The SMILES string of the molecule is CC(=O)O[C@@H]1C[C@@H]2C(O)C(C)C[C@]34[C@@H]2CCCN3CCC[C@H]14. The first kappa shape index (κ1) is 14.9. The van der Waals surface area contributed by atoms with Crippen LogP contribution in [0.4, 0.5) is 0 Å². The van der Waals surface area contributed by atoms with Crippen LogP contribution in [0.25, 0.3) is 0 Å². The van der Waals surface area contributed by atoms with E-state index >= 15 is 0 Å². The van der Waals surface area contributed by atoms with Crippen LogP contribution in [0, 0.1) is 23.7 Å². The summed E-state index contributed by atoms with van der Waals surface area (Å²) >= 11 is 0. The van der Waals surface area contributed by atoms with Gasteiger partial charge >= 0.3 is 5.97 Å². The van der Waals surface area contributed by atoms with Gasteiger partial charge in [-0.3, -0.25) is 9.69 Å². The Balaban J connectivity index is 1.76. The maximum Gasteiger partial charge on any atom is 0.302 e. The number of aliphatic hydroxyl groups excluding tert-OH is 1. The van der Waals surface area contributed by atoms with E-state index in [-0.39, 0.29) is 23.7 Å². The number of carbonyl (C=O) groups is 1. The summed E-state index contributed by atoms with van der Waals surface area (Å²) in [7, 11) is 0. The molecule has 2 bridgehead atoms. The summed E-state index contributed by atoms with van der Waals surface area (Å²) in [4.78, 5) is 14.3. The van der Waals surface area contributed by atoms with Gasteiger partial charge in [-0.25, -0.2) is 0 Å². The first-order chi connectivity index (χ1) is 10.5. The predicted molar refractivity (Wildman–Crippen MR) is 83.2 cm³/mol. The van der Waals surface area contributed by atoms with E-state index in [1.54, 1.807) is 0 Å². The molecule has 2 unspecified atom stereocenters. The van der Waals surface area contributed by atoms with Crippen molar-refractivity contribution in [2.24, 2.45) is 23.7 Å². The van der Waals surface area contributed by atoms with Crippen LogP contribution in [0.15, 0.2) is 0 Å². The molecule has 0 aromatic heterocycles. The van der Waals surface area contributed by atoms with Gasteiger partial charge in [0.25, 0.3) is 0 Å². The first-order valence-electron chi connectivity index (χ1n) is 9.14. The molecule has 1 spiro atoms. The van der Waals surface area contributed by atoms with Crippen molar-refractivity contribution in [3.05, 3.63) is 0 Å². The highest BCUT2D eigenvalue weighted by molar-refractivity contribution is 5.66. The van der Waals surface area contributed by atoms with Crippen molar-refractivity contribution >= 4 is 5.97 Å². The predicted octanol–water partition coefficient (Wildman–Crippen LogP) is 2.20. The Morgan fingerprint density at radius 1 is 1.23 bits per heavy atom. The van der Waals surface area contributed by atoms with Crippen LogP contribution in [0.1, 0.15) is 52.4 Å². The smallest absolute Gasteiger partial charge is 0.302 e. The van der Waals surface area contributed by atoms with Gasteiger partial charge in [0.2, 0.25) is 0 Å². The fraction of sp³-hybridized carbons (Fsp3) is 0.944. The second kappa shape index (κ2) is 5.20. The van der Waals surface area contributed by atoms with Gasteiger partial charge in [-0.1, -0.05) is 6.92 Å². The minimum Gasteiger partial charge on any atom is -0.462 e. The number of rotatable bonds is 1. The Morgan fingerprint density at radius 3 is 2.59 bits per heavy atom. The Hall–Kier alpha value is -0.610. The van der Waals surface area contributed by atoms with Crippen molar-refractivity contribution in [3.8, 4) is 0 Å². The summed E-state index contributed by atoms with van der Waals surface area (Å²) in [6.45, 7) is 6.12. The topological polar surface area (TPSA) is 49.8 Å². The Bertz CT molecular complexity index is 465. The molecular weight excluding hydrogens is 278 g/mol. The van der Waals surface area contributed by atoms with Gasteiger partial charge in [0.15, 0.2) is 0 Å². The first-order valence-corrected chi connectivity index (χ1v) is 9.14. The molecule has 4 nitrogen and oxygen atoms in total. The van der Waals surface area contributed by atoms with Gasteiger partial charge < -0.3 is 9.84 Å². The van der Waals surface area contributed by atoms with Gasteiger partial charge in [-0.2, -0.15) is 0 Å². The van der Waals surface area contributed by atoms with Crippen molar-refractivity contribution in [2.45, 2.75) is 70.1 Å². The number of aliphatic hydroxyl groups is 1. The van der Waals surface area contributed by atoms with E-state index in [0.717, 1.165) is 12.8 Å². The lowest BCUT2D eigenvalue weighted by molar-refractivity contribution is -0.229. The van der Waals surface area contributed by atoms with Crippen molar-refractivity contribution in [1.29, 1.82) is 0 Å². The zero-order valence-electron chi connectivity index (χ0n) is 13.8. The molecule has 2 saturated heterocycles. The van der Waals surface area contributed by atoms with Gasteiger partial charge in [-0.15, -0.1) is 0 Å². The van der Waals surface area contributed by atoms with Crippen LogP contribution in [-0.2, 0) is 9.53 Å². The second-order valence-electron chi connectivity index (χ2n) is 8.20. The average molecular weight is 307 g/mol. The molecule has 2 heterocycles. The van der Waals surface area contributed by atoms with Gasteiger partial charge in [0.05, 0.1) is 6.10 Å². The zero-order chi connectivity index (χ0) is 15.5. The molecule has 2 aliphatic heterocycles. The maximum absolute atomic E-state index is 11.6. The number of hydrogen-bond donors (Lipinski definition) is 1. The molecule has 2 aliphatic carbocycles. The highest BCUT2D eigenvalue weighted by atomic mass is 16.5. The molecule has 4 fully saturated rings. The standard InChI is InChI=1S/C18H29NO3/c1-11-10-18-14-5-3-7-19(18)8-4-6-15(18)16(22-12(2)20)9-13(14)17(11)21/h11,13-17,21H,3-10H2,1-2H3/t11?,13-,14+,15+,16+,17?,18+/m0/s1. The summed E-state index contributed by atoms with van der Waals surface area (Å²) in [5.74, 6) is 1.59. The van der Waals surface area contributed by atoms with Crippen LogP contribution in [0.3, 0.4) is 0 Å². The fourth-order valence-corrected chi connectivity index (χ4v) is 6.68. The number of nitrogens with zero attached hydrogens (tertiary/aromatic N) is 1. The van der Waals surface area contributed by atoms with Crippen LogP contribution in [0.5, 0.6) is 0 Å². The summed E-state index contributed by atoms with van der Waals surface area (Å²) in [6.07, 6.45) is 6.65. The van der Waals surface area contributed by atoms with Gasteiger partial charge in [-0.05, 0) is 69.4 Å². The zero-order valence-corrected chi connectivity index (χ0v) is 13.8. The minimum absolute atomic E-state index is 0.0156.